The van der Waals surface area contributed by atoms with Crippen LogP contribution >= 0.6 is 0 Å². The van der Waals surface area contributed by atoms with Gasteiger partial charge >= 0.3 is 6.18 Å². The molecule has 0 saturated carbocycles. The van der Waals surface area contributed by atoms with Crippen LogP contribution in [0.2, 0.25) is 0 Å². The third-order valence-electron chi connectivity index (χ3n) is 1.88. The number of hydrogen-bond donors (Lipinski definition) is 2. The molecule has 0 bridgehead atoms. The largest absolute Gasteiger partial charge is 0.417 e. The monoisotopic (exact) mass is 244 g/mol. The standard InChI is InChI=1S/C10H11F3N4/c1-6-2-3-8(10(11,12)13)7(4-6)5-16-17-9(14)15/h2-5H,1H3,(H4,14,15,17). The van der Waals surface area contributed by atoms with Gasteiger partial charge in [0.05, 0.1) is 11.8 Å². The fraction of sp³-hybridized carbons (Fsp3) is 0.200. The molecule has 1 rings (SSSR count). The zero-order chi connectivity index (χ0) is 13.1. The van der Waals surface area contributed by atoms with Crippen molar-refractivity contribution in [1.82, 2.24) is 0 Å². The van der Waals surface area contributed by atoms with E-state index in [0.717, 1.165) is 12.3 Å². The van der Waals surface area contributed by atoms with Crippen LogP contribution in [0.4, 0.5) is 13.2 Å². The molecule has 0 aromatic heterocycles. The van der Waals surface area contributed by atoms with Gasteiger partial charge in [-0.2, -0.15) is 18.3 Å². The normalized spacial score (nSPS) is 11.8. The second kappa shape index (κ2) is 4.86. The number of hydrogen-bond acceptors (Lipinski definition) is 2. The van der Waals surface area contributed by atoms with E-state index >= 15 is 0 Å². The number of benzene rings is 1. The first kappa shape index (κ1) is 13.0. The number of halogens is 3. The topological polar surface area (TPSA) is 76.8 Å². The molecule has 0 amide bonds. The Morgan fingerprint density at radius 2 is 1.94 bits per heavy atom. The Labute approximate surface area is 95.8 Å². The van der Waals surface area contributed by atoms with E-state index in [1.54, 1.807) is 6.92 Å². The van der Waals surface area contributed by atoms with Gasteiger partial charge in [-0.25, -0.2) is 0 Å². The Hall–Kier alpha value is -2.05. The molecular weight excluding hydrogens is 233 g/mol. The lowest BCUT2D eigenvalue weighted by molar-refractivity contribution is -0.137. The van der Waals surface area contributed by atoms with Gasteiger partial charge < -0.3 is 11.5 Å². The highest BCUT2D eigenvalue weighted by atomic mass is 19.4. The maximum atomic E-state index is 12.6. The van der Waals surface area contributed by atoms with Crippen LogP contribution in [0.5, 0.6) is 0 Å². The third kappa shape index (κ3) is 3.78. The van der Waals surface area contributed by atoms with E-state index in [1.807, 2.05) is 0 Å². The third-order valence-corrected chi connectivity index (χ3v) is 1.88. The Bertz CT molecular complexity index is 459. The van der Waals surface area contributed by atoms with Gasteiger partial charge in [0.15, 0.2) is 0 Å². The molecular formula is C10H11F3N4. The van der Waals surface area contributed by atoms with E-state index in [-0.39, 0.29) is 11.5 Å². The van der Waals surface area contributed by atoms with Gasteiger partial charge in [-0.15, -0.1) is 5.10 Å². The highest BCUT2D eigenvalue weighted by molar-refractivity contribution is 5.83. The summed E-state index contributed by atoms with van der Waals surface area (Å²) < 4.78 is 37.9. The van der Waals surface area contributed by atoms with Crippen molar-refractivity contribution in [3.05, 3.63) is 34.9 Å². The van der Waals surface area contributed by atoms with Gasteiger partial charge in [-0.05, 0) is 19.1 Å². The summed E-state index contributed by atoms with van der Waals surface area (Å²) in [5, 5.41) is 6.62. The summed E-state index contributed by atoms with van der Waals surface area (Å²) in [4.78, 5) is 0. The fourth-order valence-electron chi connectivity index (χ4n) is 1.20. The molecule has 0 radical (unpaired) electrons. The van der Waals surface area contributed by atoms with Crippen LogP contribution in [0.3, 0.4) is 0 Å². The minimum Gasteiger partial charge on any atom is -0.369 e. The first-order valence-corrected chi connectivity index (χ1v) is 4.60. The van der Waals surface area contributed by atoms with Crippen LogP contribution in [0, 0.1) is 6.92 Å². The molecule has 1 aromatic rings. The van der Waals surface area contributed by atoms with Crippen molar-refractivity contribution in [2.75, 3.05) is 0 Å². The molecule has 0 aliphatic rings. The minimum absolute atomic E-state index is 0.0810. The molecule has 17 heavy (non-hydrogen) atoms. The number of nitrogens with zero attached hydrogens (tertiary/aromatic N) is 2. The lowest BCUT2D eigenvalue weighted by atomic mass is 10.1. The summed E-state index contributed by atoms with van der Waals surface area (Å²) in [5.41, 5.74) is 9.83. The van der Waals surface area contributed by atoms with Gasteiger partial charge in [0.25, 0.3) is 0 Å². The molecule has 1 aromatic carbocycles. The highest BCUT2D eigenvalue weighted by Gasteiger charge is 2.32. The Morgan fingerprint density at radius 1 is 1.29 bits per heavy atom. The summed E-state index contributed by atoms with van der Waals surface area (Å²) in [6.45, 7) is 1.68. The zero-order valence-corrected chi connectivity index (χ0v) is 8.99. The molecule has 0 unspecified atom stereocenters. The van der Waals surface area contributed by atoms with Crippen LogP contribution in [0.25, 0.3) is 0 Å². The number of guanidine groups is 1. The minimum atomic E-state index is -4.44. The number of nitrogens with two attached hydrogens (primary N) is 2. The van der Waals surface area contributed by atoms with Gasteiger partial charge in [-0.3, -0.25) is 0 Å². The fourth-order valence-corrected chi connectivity index (χ4v) is 1.20. The molecule has 0 fully saturated rings. The molecule has 0 spiro atoms. The van der Waals surface area contributed by atoms with E-state index in [1.165, 1.54) is 12.1 Å². The molecule has 0 atom stereocenters. The van der Waals surface area contributed by atoms with Crippen LogP contribution in [-0.2, 0) is 6.18 Å². The van der Waals surface area contributed by atoms with E-state index < -0.39 is 11.7 Å². The first-order chi connectivity index (χ1) is 7.80. The van der Waals surface area contributed by atoms with Crippen LogP contribution < -0.4 is 11.5 Å². The van der Waals surface area contributed by atoms with Gasteiger partial charge in [0, 0.05) is 5.56 Å². The van der Waals surface area contributed by atoms with E-state index in [4.69, 9.17) is 11.5 Å². The van der Waals surface area contributed by atoms with Gasteiger partial charge in [-0.1, -0.05) is 11.6 Å². The highest BCUT2D eigenvalue weighted by Crippen LogP contribution is 2.31. The van der Waals surface area contributed by atoms with Crippen molar-refractivity contribution < 1.29 is 13.2 Å². The summed E-state index contributed by atoms with van der Waals surface area (Å²) in [6, 6.07) is 3.72. The number of alkyl halides is 3. The Kier molecular flexibility index (Phi) is 3.72. The van der Waals surface area contributed by atoms with Crippen molar-refractivity contribution in [2.45, 2.75) is 13.1 Å². The lowest BCUT2D eigenvalue weighted by Gasteiger charge is -2.10. The average Bonchev–Trinajstić information content (AvgIpc) is 2.15. The van der Waals surface area contributed by atoms with Gasteiger partial charge in [0.1, 0.15) is 0 Å². The summed E-state index contributed by atoms with van der Waals surface area (Å²) in [7, 11) is 0. The maximum Gasteiger partial charge on any atom is 0.417 e. The van der Waals surface area contributed by atoms with Crippen molar-refractivity contribution in [2.24, 2.45) is 21.7 Å². The summed E-state index contributed by atoms with van der Waals surface area (Å²) >= 11 is 0. The maximum absolute atomic E-state index is 12.6. The predicted molar refractivity (Wildman–Crippen MR) is 59.6 cm³/mol. The molecule has 0 aliphatic carbocycles. The van der Waals surface area contributed by atoms with Crippen LogP contribution in [0.15, 0.2) is 28.4 Å². The van der Waals surface area contributed by atoms with Crippen molar-refractivity contribution in [3.63, 3.8) is 0 Å². The first-order valence-electron chi connectivity index (χ1n) is 4.60. The number of aryl methyl sites for hydroxylation is 1. The summed E-state index contributed by atoms with van der Waals surface area (Å²) in [5.74, 6) is -0.317. The zero-order valence-electron chi connectivity index (χ0n) is 8.99. The predicted octanol–water partition coefficient (Wildman–Crippen LogP) is 1.62. The molecule has 4 nitrogen and oxygen atoms in total. The molecule has 7 heteroatoms. The molecule has 0 saturated heterocycles. The lowest BCUT2D eigenvalue weighted by Crippen LogP contribution is -2.21. The average molecular weight is 244 g/mol. The van der Waals surface area contributed by atoms with Crippen molar-refractivity contribution in [1.29, 1.82) is 0 Å². The second-order valence-electron chi connectivity index (χ2n) is 3.36. The van der Waals surface area contributed by atoms with Crippen molar-refractivity contribution >= 4 is 12.2 Å². The quantitative estimate of drug-likeness (QED) is 0.471. The SMILES string of the molecule is Cc1ccc(C(F)(F)F)c(C=NN=C(N)N)c1. The Balaban J connectivity index is 3.17. The van der Waals surface area contributed by atoms with Crippen LogP contribution in [0.1, 0.15) is 16.7 Å². The summed E-state index contributed by atoms with van der Waals surface area (Å²) in [6.07, 6.45) is -3.47. The second-order valence-corrected chi connectivity index (χ2v) is 3.36. The Morgan fingerprint density at radius 3 is 2.47 bits per heavy atom. The number of rotatable bonds is 2. The molecule has 0 aliphatic heterocycles. The van der Waals surface area contributed by atoms with Crippen LogP contribution in [-0.4, -0.2) is 12.2 Å². The van der Waals surface area contributed by atoms with E-state index in [0.29, 0.717) is 5.56 Å². The van der Waals surface area contributed by atoms with Gasteiger partial charge in [0.2, 0.25) is 5.96 Å². The smallest absolute Gasteiger partial charge is 0.369 e. The van der Waals surface area contributed by atoms with Crippen molar-refractivity contribution in [3.8, 4) is 0 Å². The van der Waals surface area contributed by atoms with E-state index in [2.05, 4.69) is 10.2 Å². The molecule has 92 valence electrons. The van der Waals surface area contributed by atoms with E-state index in [9.17, 15) is 13.2 Å². The molecule has 4 N–H and O–H groups in total. The molecule has 0 heterocycles.